The number of rotatable bonds is 9. The zero-order chi connectivity index (χ0) is 24.8. The fourth-order valence-corrected chi connectivity index (χ4v) is 5.21. The van der Waals surface area contributed by atoms with Crippen molar-refractivity contribution >= 4 is 29.1 Å². The van der Waals surface area contributed by atoms with Gasteiger partial charge in [0, 0.05) is 43.4 Å². The number of hydrogen-bond acceptors (Lipinski definition) is 6. The zero-order valence-corrected chi connectivity index (χ0v) is 20.7. The molecule has 0 aliphatic carbocycles. The number of para-hydroxylation sites is 1. The van der Waals surface area contributed by atoms with Crippen LogP contribution in [-0.4, -0.2) is 84.3 Å². The molecule has 2 aliphatic rings. The van der Waals surface area contributed by atoms with E-state index >= 15 is 0 Å². The van der Waals surface area contributed by atoms with Crippen molar-refractivity contribution in [3.8, 4) is 0 Å². The minimum atomic E-state index is -0.671. The highest BCUT2D eigenvalue weighted by Gasteiger charge is 2.54. The Labute approximate surface area is 211 Å². The predicted molar refractivity (Wildman–Crippen MR) is 137 cm³/mol. The quantitative estimate of drug-likeness (QED) is 0.451. The molecule has 2 aromatic carbocycles. The Bertz CT molecular complexity index is 996. The zero-order valence-electron chi connectivity index (χ0n) is 19.9. The fraction of sp³-hybridized carbons (Fsp3) is 0.462. The summed E-state index contributed by atoms with van der Waals surface area (Å²) in [4.78, 5) is 32.7. The van der Waals surface area contributed by atoms with Gasteiger partial charge in [0.1, 0.15) is 5.54 Å². The molecule has 2 fully saturated rings. The van der Waals surface area contributed by atoms with Crippen LogP contribution in [0.1, 0.15) is 18.4 Å². The molecule has 0 saturated carbocycles. The number of nitrogens with two attached hydrogens (primary N) is 1. The summed E-state index contributed by atoms with van der Waals surface area (Å²) >= 11 is 5.96. The molecule has 4 N–H and O–H groups in total. The number of carbonyl (C=O) groups excluding carboxylic acids is 2. The van der Waals surface area contributed by atoms with Crippen molar-refractivity contribution in [1.29, 1.82) is 0 Å². The lowest BCUT2D eigenvalue weighted by Gasteiger charge is -2.43. The Hall–Kier alpha value is -2.65. The topological polar surface area (TPSA) is 102 Å². The van der Waals surface area contributed by atoms with Crippen LogP contribution in [0.4, 0.5) is 5.69 Å². The van der Waals surface area contributed by atoms with Crippen molar-refractivity contribution in [2.24, 2.45) is 5.73 Å². The van der Waals surface area contributed by atoms with E-state index in [1.165, 1.54) is 0 Å². The maximum atomic E-state index is 13.7. The molecule has 0 unspecified atom stereocenters. The average Bonchev–Trinajstić information content (AvgIpc) is 3.14. The molecule has 0 radical (unpaired) electrons. The molecule has 0 aromatic heterocycles. The number of halogens is 1. The number of benzene rings is 2. The Morgan fingerprint density at radius 1 is 1.09 bits per heavy atom. The van der Waals surface area contributed by atoms with Crippen LogP contribution in [0.5, 0.6) is 0 Å². The summed E-state index contributed by atoms with van der Waals surface area (Å²) < 4.78 is 0. The second-order valence-electron chi connectivity index (χ2n) is 9.24. The van der Waals surface area contributed by atoms with Crippen LogP contribution >= 0.6 is 11.6 Å². The van der Waals surface area contributed by atoms with E-state index in [4.69, 9.17) is 22.4 Å². The number of nitrogens with zero attached hydrogens (tertiary/aromatic N) is 3. The number of hydrogen-bond donors (Lipinski definition) is 3. The lowest BCUT2D eigenvalue weighted by Crippen LogP contribution is -2.59. The van der Waals surface area contributed by atoms with E-state index in [-0.39, 0.29) is 18.4 Å². The highest BCUT2D eigenvalue weighted by atomic mass is 35.5. The highest BCUT2D eigenvalue weighted by Crippen LogP contribution is 2.39. The Morgan fingerprint density at radius 3 is 2.43 bits per heavy atom. The monoisotopic (exact) mass is 499 g/mol. The molecule has 0 bridgehead atoms. The summed E-state index contributed by atoms with van der Waals surface area (Å²) in [6, 6.07) is 16.7. The van der Waals surface area contributed by atoms with Gasteiger partial charge in [-0.3, -0.25) is 9.59 Å². The van der Waals surface area contributed by atoms with Gasteiger partial charge >= 0.3 is 0 Å². The number of nitrogens with one attached hydrogen (secondary N) is 1. The summed E-state index contributed by atoms with van der Waals surface area (Å²) in [6.45, 7) is 3.24. The average molecular weight is 500 g/mol. The van der Waals surface area contributed by atoms with Crippen molar-refractivity contribution in [1.82, 2.24) is 15.1 Å². The van der Waals surface area contributed by atoms with E-state index in [1.807, 2.05) is 47.4 Å². The van der Waals surface area contributed by atoms with Gasteiger partial charge in [-0.05, 0) is 49.1 Å². The van der Waals surface area contributed by atoms with Crippen LogP contribution in [0.25, 0.3) is 0 Å². The minimum absolute atomic E-state index is 0.0675. The lowest BCUT2D eigenvalue weighted by molar-refractivity contribution is -0.139. The third kappa shape index (κ3) is 5.62. The molecule has 2 amide bonds. The molecular weight excluding hydrogens is 466 g/mol. The van der Waals surface area contributed by atoms with E-state index in [1.54, 1.807) is 17.0 Å². The Balaban J connectivity index is 1.44. The number of aliphatic hydroxyl groups is 1. The number of amides is 2. The van der Waals surface area contributed by atoms with Crippen LogP contribution in [-0.2, 0) is 16.0 Å². The number of anilines is 1. The highest BCUT2D eigenvalue weighted by molar-refractivity contribution is 6.30. The minimum Gasteiger partial charge on any atom is -0.395 e. The molecule has 188 valence electrons. The summed E-state index contributed by atoms with van der Waals surface area (Å²) in [6.07, 6.45) is 1.56. The second kappa shape index (κ2) is 11.4. The number of piperidine rings is 1. The Morgan fingerprint density at radius 2 is 1.77 bits per heavy atom. The van der Waals surface area contributed by atoms with Gasteiger partial charge < -0.3 is 30.9 Å². The molecule has 4 rings (SSSR count). The van der Waals surface area contributed by atoms with Gasteiger partial charge in [-0.2, -0.15) is 0 Å². The van der Waals surface area contributed by atoms with Gasteiger partial charge in [0.05, 0.1) is 19.3 Å². The molecule has 1 spiro atoms. The number of aliphatic hydroxyl groups excluding tert-OH is 1. The second-order valence-corrected chi connectivity index (χ2v) is 9.68. The first-order valence-electron chi connectivity index (χ1n) is 12.2. The van der Waals surface area contributed by atoms with E-state index in [0.717, 1.165) is 11.3 Å². The maximum absolute atomic E-state index is 13.7. The summed E-state index contributed by atoms with van der Waals surface area (Å²) in [7, 11) is 0. The molecular formula is C26H34ClN5O3. The van der Waals surface area contributed by atoms with Crippen LogP contribution in [0.2, 0.25) is 5.02 Å². The first-order chi connectivity index (χ1) is 16.9. The normalized spacial score (nSPS) is 18.4. The first-order valence-corrected chi connectivity index (χ1v) is 12.5. The molecule has 35 heavy (non-hydrogen) atoms. The first kappa shape index (κ1) is 25.4. The predicted octanol–water partition coefficient (Wildman–Crippen LogP) is 1.46. The molecule has 2 aromatic rings. The number of carbonyl (C=O) groups is 2. The molecule has 9 heteroatoms. The molecule has 1 atom stereocenters. The maximum Gasteiger partial charge on any atom is 0.250 e. The fourth-order valence-electron chi connectivity index (χ4n) is 5.08. The summed E-state index contributed by atoms with van der Waals surface area (Å²) in [5.74, 6) is 0.0151. The van der Waals surface area contributed by atoms with Gasteiger partial charge in [0.2, 0.25) is 11.8 Å². The van der Waals surface area contributed by atoms with E-state index in [2.05, 4.69) is 10.2 Å². The van der Waals surface area contributed by atoms with E-state index in [9.17, 15) is 9.59 Å². The van der Waals surface area contributed by atoms with Crippen LogP contribution < -0.4 is 16.0 Å². The molecule has 2 aliphatic heterocycles. The van der Waals surface area contributed by atoms with Gasteiger partial charge in [-0.25, -0.2) is 0 Å². The van der Waals surface area contributed by atoms with Crippen molar-refractivity contribution in [2.45, 2.75) is 30.8 Å². The van der Waals surface area contributed by atoms with Crippen molar-refractivity contribution in [2.75, 3.05) is 50.9 Å². The standard InChI is InChI=1S/C26H34ClN5O3/c27-21-8-6-20(7-9-21)18-23(28)24(34)30-14-10-26(11-15-30)25(35)31(16-12-29-13-17-33)19-32(26)22-4-2-1-3-5-22/h1-9,23,29,33H,10-19,28H2/t23-/m1/s1. The third-order valence-electron chi connectivity index (χ3n) is 7.02. The lowest BCUT2D eigenvalue weighted by atomic mass is 9.85. The van der Waals surface area contributed by atoms with E-state index in [0.29, 0.717) is 63.7 Å². The molecule has 8 nitrogen and oxygen atoms in total. The van der Waals surface area contributed by atoms with Crippen molar-refractivity contribution < 1.29 is 14.7 Å². The van der Waals surface area contributed by atoms with E-state index < -0.39 is 11.6 Å². The van der Waals surface area contributed by atoms with Gasteiger partial charge in [0.15, 0.2) is 0 Å². The third-order valence-corrected chi connectivity index (χ3v) is 7.27. The largest absolute Gasteiger partial charge is 0.395 e. The SMILES string of the molecule is N[C@H](Cc1ccc(Cl)cc1)C(=O)N1CCC2(CC1)C(=O)N(CCNCCO)CN2c1ccccc1. The smallest absolute Gasteiger partial charge is 0.250 e. The van der Waals surface area contributed by atoms with Crippen LogP contribution in [0.3, 0.4) is 0 Å². The summed E-state index contributed by atoms with van der Waals surface area (Å²) in [5, 5.41) is 12.8. The van der Waals surface area contributed by atoms with Gasteiger partial charge in [0.25, 0.3) is 0 Å². The Kier molecular flexibility index (Phi) is 8.28. The molecule has 2 saturated heterocycles. The number of likely N-dealkylation sites (tertiary alicyclic amines) is 1. The summed E-state index contributed by atoms with van der Waals surface area (Å²) in [5.41, 5.74) is 7.58. The van der Waals surface area contributed by atoms with Crippen molar-refractivity contribution in [3.05, 3.63) is 65.2 Å². The van der Waals surface area contributed by atoms with Crippen LogP contribution in [0, 0.1) is 0 Å². The molecule has 2 heterocycles. The van der Waals surface area contributed by atoms with Crippen LogP contribution in [0.15, 0.2) is 54.6 Å². The van der Waals surface area contributed by atoms with Crippen molar-refractivity contribution in [3.63, 3.8) is 0 Å². The van der Waals surface area contributed by atoms with Gasteiger partial charge in [-0.1, -0.05) is 41.9 Å². The van der Waals surface area contributed by atoms with Gasteiger partial charge in [-0.15, -0.1) is 0 Å².